The first-order valence-electron chi connectivity index (χ1n) is 4.65. The molecule has 0 bridgehead atoms. The zero-order valence-electron chi connectivity index (χ0n) is 8.28. The average molecular weight is 222 g/mol. The number of aliphatic hydroxyl groups excluding tert-OH is 2. The summed E-state index contributed by atoms with van der Waals surface area (Å²) in [6.45, 7) is -0.537. The Morgan fingerprint density at radius 1 is 1.00 bits per heavy atom. The third-order valence-corrected chi connectivity index (χ3v) is 2.40. The Morgan fingerprint density at radius 3 is 2.25 bits per heavy atom. The average Bonchev–Trinajstić information content (AvgIpc) is 2.27. The van der Waals surface area contributed by atoms with Crippen molar-refractivity contribution in [2.75, 3.05) is 0 Å². The Kier molecular flexibility index (Phi) is 2.59. The van der Waals surface area contributed by atoms with E-state index in [1.54, 1.807) is 0 Å². The third-order valence-electron chi connectivity index (χ3n) is 2.40. The van der Waals surface area contributed by atoms with Crippen molar-refractivity contribution in [3.8, 4) is 0 Å². The summed E-state index contributed by atoms with van der Waals surface area (Å²) in [4.78, 5) is 27.0. The maximum atomic E-state index is 11.4. The fourth-order valence-corrected chi connectivity index (χ4v) is 1.60. The molecule has 0 saturated carbocycles. The lowest BCUT2D eigenvalue weighted by molar-refractivity contribution is 0.260. The Hall–Kier alpha value is -1.92. The summed E-state index contributed by atoms with van der Waals surface area (Å²) >= 11 is 0. The minimum Gasteiger partial charge on any atom is -0.392 e. The summed E-state index contributed by atoms with van der Waals surface area (Å²) in [7, 11) is 0. The fraction of sp³-hybridized carbons (Fsp3) is 0.200. The third kappa shape index (κ3) is 1.64. The smallest absolute Gasteiger partial charge is 0.326 e. The van der Waals surface area contributed by atoms with Crippen molar-refractivity contribution >= 4 is 10.9 Å². The largest absolute Gasteiger partial charge is 0.392 e. The fourth-order valence-electron chi connectivity index (χ4n) is 1.60. The molecule has 0 amide bonds. The van der Waals surface area contributed by atoms with Crippen molar-refractivity contribution in [2.45, 2.75) is 13.2 Å². The Bertz CT molecular complexity index is 641. The molecule has 1 aromatic heterocycles. The van der Waals surface area contributed by atoms with E-state index in [2.05, 4.69) is 9.97 Å². The molecule has 0 radical (unpaired) electrons. The van der Waals surface area contributed by atoms with E-state index in [0.29, 0.717) is 16.6 Å². The highest BCUT2D eigenvalue weighted by molar-refractivity contribution is 5.79. The zero-order valence-corrected chi connectivity index (χ0v) is 8.28. The van der Waals surface area contributed by atoms with Gasteiger partial charge in [-0.2, -0.15) is 0 Å². The summed E-state index contributed by atoms with van der Waals surface area (Å²) in [6.07, 6.45) is 0. The van der Waals surface area contributed by atoms with Gasteiger partial charge in [0.05, 0.1) is 24.1 Å². The van der Waals surface area contributed by atoms with Gasteiger partial charge in [-0.15, -0.1) is 0 Å². The van der Waals surface area contributed by atoms with Gasteiger partial charge in [0, 0.05) is 0 Å². The van der Waals surface area contributed by atoms with Crippen LogP contribution in [-0.2, 0) is 13.2 Å². The molecule has 0 aliphatic rings. The molecule has 1 aromatic carbocycles. The molecule has 0 saturated heterocycles. The number of H-pyrrole nitrogens is 2. The minimum absolute atomic E-state index is 0.263. The molecule has 84 valence electrons. The minimum atomic E-state index is -0.599. The number of fused-ring (bicyclic) bond motifs is 1. The molecule has 0 aliphatic carbocycles. The lowest BCUT2D eigenvalue weighted by atomic mass is 10.1. The number of aromatic amines is 2. The molecule has 0 unspecified atom stereocenters. The van der Waals surface area contributed by atoms with E-state index in [0.717, 1.165) is 0 Å². The number of aliphatic hydroxyl groups is 2. The molecule has 4 N–H and O–H groups in total. The Balaban J connectivity index is 2.88. The first-order chi connectivity index (χ1) is 7.65. The SMILES string of the molecule is O=c1[nH]c(=O)c2cc(CO)c(CO)cc2[nH]1. The second-order valence-electron chi connectivity index (χ2n) is 3.39. The van der Waals surface area contributed by atoms with Crippen molar-refractivity contribution in [1.29, 1.82) is 0 Å². The molecular formula is C10H10N2O4. The summed E-state index contributed by atoms with van der Waals surface area (Å²) in [6, 6.07) is 2.94. The van der Waals surface area contributed by atoms with Crippen molar-refractivity contribution in [3.05, 3.63) is 44.1 Å². The lowest BCUT2D eigenvalue weighted by Gasteiger charge is -2.06. The van der Waals surface area contributed by atoms with Gasteiger partial charge in [-0.25, -0.2) is 4.79 Å². The highest BCUT2D eigenvalue weighted by Gasteiger charge is 2.07. The van der Waals surface area contributed by atoms with E-state index in [1.807, 2.05) is 0 Å². The van der Waals surface area contributed by atoms with Gasteiger partial charge >= 0.3 is 5.69 Å². The predicted octanol–water partition coefficient (Wildman–Crippen LogP) is -0.799. The van der Waals surface area contributed by atoms with Crippen LogP contribution in [0.5, 0.6) is 0 Å². The van der Waals surface area contributed by atoms with Gasteiger partial charge < -0.3 is 15.2 Å². The van der Waals surface area contributed by atoms with E-state index in [9.17, 15) is 9.59 Å². The number of aromatic nitrogens is 2. The van der Waals surface area contributed by atoms with Crippen LogP contribution in [0.1, 0.15) is 11.1 Å². The molecule has 6 heteroatoms. The number of hydrogen-bond acceptors (Lipinski definition) is 4. The zero-order chi connectivity index (χ0) is 11.7. The second-order valence-corrected chi connectivity index (χ2v) is 3.39. The number of nitrogens with one attached hydrogen (secondary N) is 2. The first kappa shape index (κ1) is 10.6. The molecule has 2 aromatic rings. The first-order valence-corrected chi connectivity index (χ1v) is 4.65. The van der Waals surface area contributed by atoms with Crippen LogP contribution in [0.4, 0.5) is 0 Å². The maximum absolute atomic E-state index is 11.4. The summed E-state index contributed by atoms with van der Waals surface area (Å²) in [5, 5.41) is 18.4. The molecule has 0 fully saturated rings. The summed E-state index contributed by atoms with van der Waals surface area (Å²) in [5.41, 5.74) is 0.176. The van der Waals surface area contributed by atoms with Gasteiger partial charge in [0.2, 0.25) is 0 Å². The standard InChI is InChI=1S/C10H10N2O4/c13-3-5-1-7-8(2-6(5)4-14)11-10(16)12-9(7)15/h1-2,13-14H,3-4H2,(H2,11,12,15,16). The van der Waals surface area contributed by atoms with Crippen LogP contribution in [0, 0.1) is 0 Å². The molecule has 6 nitrogen and oxygen atoms in total. The quantitative estimate of drug-likeness (QED) is 0.533. The molecular weight excluding hydrogens is 212 g/mol. The van der Waals surface area contributed by atoms with Crippen LogP contribution < -0.4 is 11.2 Å². The number of benzene rings is 1. The molecule has 1 heterocycles. The van der Waals surface area contributed by atoms with E-state index < -0.39 is 11.2 Å². The van der Waals surface area contributed by atoms with Crippen molar-refractivity contribution in [2.24, 2.45) is 0 Å². The summed E-state index contributed by atoms with van der Waals surface area (Å²) < 4.78 is 0. The Morgan fingerprint density at radius 2 is 1.62 bits per heavy atom. The highest BCUT2D eigenvalue weighted by atomic mass is 16.3. The monoisotopic (exact) mass is 222 g/mol. The number of rotatable bonds is 2. The van der Waals surface area contributed by atoms with Gasteiger partial charge in [0.1, 0.15) is 0 Å². The van der Waals surface area contributed by atoms with Crippen LogP contribution in [0.15, 0.2) is 21.7 Å². The molecule has 0 aliphatic heterocycles. The Labute approximate surface area is 89.2 Å². The van der Waals surface area contributed by atoms with Crippen LogP contribution >= 0.6 is 0 Å². The molecule has 2 rings (SSSR count). The van der Waals surface area contributed by atoms with Crippen molar-refractivity contribution in [1.82, 2.24) is 9.97 Å². The molecule has 0 atom stereocenters. The normalized spacial score (nSPS) is 10.9. The summed E-state index contributed by atoms with van der Waals surface area (Å²) in [5.74, 6) is 0. The highest BCUT2D eigenvalue weighted by Crippen LogP contribution is 2.15. The van der Waals surface area contributed by atoms with Gasteiger partial charge in [-0.3, -0.25) is 9.78 Å². The topological polar surface area (TPSA) is 106 Å². The number of hydrogen-bond donors (Lipinski definition) is 4. The van der Waals surface area contributed by atoms with Gasteiger partial charge in [-0.05, 0) is 23.3 Å². The van der Waals surface area contributed by atoms with E-state index in [4.69, 9.17) is 10.2 Å². The van der Waals surface area contributed by atoms with E-state index >= 15 is 0 Å². The van der Waals surface area contributed by atoms with Crippen LogP contribution in [0.25, 0.3) is 10.9 Å². The van der Waals surface area contributed by atoms with Gasteiger partial charge in [0.15, 0.2) is 0 Å². The van der Waals surface area contributed by atoms with Crippen molar-refractivity contribution < 1.29 is 10.2 Å². The van der Waals surface area contributed by atoms with Crippen molar-refractivity contribution in [3.63, 3.8) is 0 Å². The second kappa shape index (κ2) is 3.92. The maximum Gasteiger partial charge on any atom is 0.326 e. The predicted molar refractivity (Wildman–Crippen MR) is 57.0 cm³/mol. The van der Waals surface area contributed by atoms with Gasteiger partial charge in [-0.1, -0.05) is 0 Å². The van der Waals surface area contributed by atoms with E-state index in [1.165, 1.54) is 12.1 Å². The van der Waals surface area contributed by atoms with Crippen LogP contribution in [-0.4, -0.2) is 20.2 Å². The molecule has 0 spiro atoms. The van der Waals surface area contributed by atoms with Crippen LogP contribution in [0.2, 0.25) is 0 Å². The lowest BCUT2D eigenvalue weighted by Crippen LogP contribution is -2.22. The molecule has 16 heavy (non-hydrogen) atoms. The van der Waals surface area contributed by atoms with E-state index in [-0.39, 0.29) is 18.6 Å². The van der Waals surface area contributed by atoms with Gasteiger partial charge in [0.25, 0.3) is 5.56 Å². The van der Waals surface area contributed by atoms with Crippen LogP contribution in [0.3, 0.4) is 0 Å².